The monoisotopic (exact) mass is 426 g/mol. The molecule has 3 aromatic rings. The molecule has 0 spiro atoms. The van der Waals surface area contributed by atoms with Gasteiger partial charge in [0.15, 0.2) is 0 Å². The quantitative estimate of drug-likeness (QED) is 0.293. The van der Waals surface area contributed by atoms with Crippen LogP contribution in [0.3, 0.4) is 0 Å². The molecule has 0 aliphatic rings. The van der Waals surface area contributed by atoms with Gasteiger partial charge in [-0.1, -0.05) is 29.8 Å². The van der Waals surface area contributed by atoms with Crippen LogP contribution >= 0.6 is 12.0 Å². The highest BCUT2D eigenvalue weighted by atomic mass is 32.2. The summed E-state index contributed by atoms with van der Waals surface area (Å²) in [4.78, 5) is 17.5. The first-order valence-corrected chi connectivity index (χ1v) is 10.5. The molecule has 7 nitrogen and oxygen atoms in total. The molecule has 0 aliphatic carbocycles. The predicted molar refractivity (Wildman–Crippen MR) is 118 cm³/mol. The summed E-state index contributed by atoms with van der Waals surface area (Å²) in [5.41, 5.74) is 10.4. The Morgan fingerprint density at radius 2 is 1.90 bits per heavy atom. The number of nitrogens with one attached hydrogen (secondary N) is 1. The maximum Gasteiger partial charge on any atom is 0.220 e. The Balaban J connectivity index is 1.86. The minimum Gasteiger partial charge on any atom is -0.355 e. The zero-order valence-electron chi connectivity index (χ0n) is 17.1. The molecule has 0 atom stereocenters. The van der Waals surface area contributed by atoms with E-state index in [1.54, 1.807) is 0 Å². The molecule has 3 rings (SSSR count). The first-order chi connectivity index (χ1) is 14.6. The molecular weight excluding hydrogens is 400 g/mol. The fourth-order valence-corrected chi connectivity index (χ4v) is 3.33. The van der Waals surface area contributed by atoms with Gasteiger partial charge in [0.05, 0.1) is 36.2 Å². The van der Waals surface area contributed by atoms with Gasteiger partial charge < -0.3 is 11.1 Å². The summed E-state index contributed by atoms with van der Waals surface area (Å²) in [5.74, 6) is -0.0218. The number of aromatic nitrogens is 2. The third-order valence-corrected chi connectivity index (χ3v) is 5.13. The predicted octanol–water partition coefficient (Wildman–Crippen LogP) is 3.44. The van der Waals surface area contributed by atoms with E-state index in [0.717, 1.165) is 39.6 Å². The van der Waals surface area contributed by atoms with Crippen molar-refractivity contribution in [1.29, 1.82) is 0 Å². The van der Waals surface area contributed by atoms with Gasteiger partial charge >= 0.3 is 0 Å². The third-order valence-electron chi connectivity index (χ3n) is 4.46. The lowest BCUT2D eigenvalue weighted by atomic mass is 10.1. The standard InChI is InChI=1S/C22H26N4O3S/c1-16-3-5-17(6-4-16)21-15-18(7-12-22(27)24-14-13-23)25-26(21)19-8-10-20(11-9-19)30-29-28-2/h3-6,8-11,15H,7,12-14,23H2,1-2H3,(H,24,27). The van der Waals surface area contributed by atoms with E-state index in [1.165, 1.54) is 12.7 Å². The summed E-state index contributed by atoms with van der Waals surface area (Å²) in [6.45, 7) is 2.98. The molecule has 2 aromatic carbocycles. The van der Waals surface area contributed by atoms with Gasteiger partial charge in [-0.25, -0.2) is 9.57 Å². The normalized spacial score (nSPS) is 10.9. The molecule has 0 bridgehead atoms. The minimum atomic E-state index is -0.0218. The van der Waals surface area contributed by atoms with Crippen LogP contribution in [0.5, 0.6) is 0 Å². The van der Waals surface area contributed by atoms with E-state index in [0.29, 0.717) is 25.9 Å². The van der Waals surface area contributed by atoms with Gasteiger partial charge in [-0.15, -0.1) is 0 Å². The molecule has 0 unspecified atom stereocenters. The van der Waals surface area contributed by atoms with Gasteiger partial charge in [0.1, 0.15) is 0 Å². The van der Waals surface area contributed by atoms with Crippen LogP contribution in [0.2, 0.25) is 0 Å². The van der Waals surface area contributed by atoms with Crippen LogP contribution in [0.4, 0.5) is 0 Å². The molecule has 8 heteroatoms. The molecular formula is C22H26N4O3S. The van der Waals surface area contributed by atoms with Crippen molar-refractivity contribution in [3.63, 3.8) is 0 Å². The Morgan fingerprint density at radius 1 is 1.17 bits per heavy atom. The van der Waals surface area contributed by atoms with Crippen LogP contribution in [0.1, 0.15) is 17.7 Å². The molecule has 1 amide bonds. The second-order valence-corrected chi connectivity index (χ2v) is 7.52. The van der Waals surface area contributed by atoms with Gasteiger partial charge in [0.2, 0.25) is 5.91 Å². The number of nitrogens with two attached hydrogens (primary N) is 1. The molecule has 0 fully saturated rings. The van der Waals surface area contributed by atoms with Crippen LogP contribution in [-0.4, -0.2) is 35.9 Å². The summed E-state index contributed by atoms with van der Waals surface area (Å²) in [5, 5.41) is 7.57. The van der Waals surface area contributed by atoms with E-state index >= 15 is 0 Å². The van der Waals surface area contributed by atoms with Crippen LogP contribution in [-0.2, 0) is 20.4 Å². The number of hydrogen-bond acceptors (Lipinski definition) is 6. The first-order valence-electron chi connectivity index (χ1n) is 9.71. The maximum atomic E-state index is 11.9. The van der Waals surface area contributed by atoms with Crippen molar-refractivity contribution in [1.82, 2.24) is 15.1 Å². The molecule has 158 valence electrons. The number of nitrogens with zero attached hydrogens (tertiary/aromatic N) is 2. The molecule has 0 saturated carbocycles. The number of benzene rings is 2. The second-order valence-electron chi connectivity index (χ2n) is 6.75. The van der Waals surface area contributed by atoms with Crippen LogP contribution in [0, 0.1) is 6.92 Å². The molecule has 0 radical (unpaired) electrons. The highest BCUT2D eigenvalue weighted by molar-refractivity contribution is 7.94. The van der Waals surface area contributed by atoms with Crippen LogP contribution in [0.15, 0.2) is 59.5 Å². The van der Waals surface area contributed by atoms with Crippen molar-refractivity contribution < 1.29 is 14.0 Å². The Hall–Kier alpha value is -2.65. The van der Waals surface area contributed by atoms with E-state index in [4.69, 9.17) is 15.2 Å². The minimum absolute atomic E-state index is 0.0218. The topological polar surface area (TPSA) is 91.4 Å². The lowest BCUT2D eigenvalue weighted by Gasteiger charge is -2.09. The average molecular weight is 427 g/mol. The van der Waals surface area contributed by atoms with Crippen molar-refractivity contribution in [3.05, 3.63) is 65.9 Å². The van der Waals surface area contributed by atoms with E-state index in [9.17, 15) is 4.79 Å². The highest BCUT2D eigenvalue weighted by Gasteiger charge is 2.13. The molecule has 1 aromatic heterocycles. The summed E-state index contributed by atoms with van der Waals surface area (Å²) < 4.78 is 6.81. The Kier molecular flexibility index (Phi) is 8.04. The van der Waals surface area contributed by atoms with Gasteiger partial charge in [0.25, 0.3) is 0 Å². The van der Waals surface area contributed by atoms with Crippen molar-refractivity contribution in [2.24, 2.45) is 5.73 Å². The molecule has 1 heterocycles. The van der Waals surface area contributed by atoms with Crippen molar-refractivity contribution in [3.8, 4) is 16.9 Å². The zero-order valence-corrected chi connectivity index (χ0v) is 17.9. The van der Waals surface area contributed by atoms with Gasteiger partial charge in [-0.2, -0.15) is 9.43 Å². The number of carbonyl (C=O) groups excluding carboxylic acids is 1. The maximum absolute atomic E-state index is 11.9. The summed E-state index contributed by atoms with van der Waals surface area (Å²) in [7, 11) is 1.47. The average Bonchev–Trinajstić information content (AvgIpc) is 3.20. The molecule has 0 aliphatic heterocycles. The van der Waals surface area contributed by atoms with Crippen LogP contribution < -0.4 is 11.1 Å². The Bertz CT molecular complexity index is 956. The lowest BCUT2D eigenvalue weighted by molar-refractivity contribution is -0.160. The molecule has 0 saturated heterocycles. The Morgan fingerprint density at radius 3 is 2.57 bits per heavy atom. The number of carbonyl (C=O) groups is 1. The van der Waals surface area contributed by atoms with Gasteiger partial charge in [-0.05, 0) is 37.3 Å². The number of hydrogen-bond donors (Lipinski definition) is 2. The number of rotatable bonds is 10. The summed E-state index contributed by atoms with van der Waals surface area (Å²) in [6, 6.07) is 18.2. The smallest absolute Gasteiger partial charge is 0.220 e. The van der Waals surface area contributed by atoms with E-state index in [1.807, 2.05) is 35.0 Å². The van der Waals surface area contributed by atoms with E-state index < -0.39 is 0 Å². The van der Waals surface area contributed by atoms with Crippen molar-refractivity contribution >= 4 is 17.9 Å². The zero-order chi connectivity index (χ0) is 21.3. The summed E-state index contributed by atoms with van der Waals surface area (Å²) in [6.07, 6.45) is 0.923. The van der Waals surface area contributed by atoms with Gasteiger partial charge in [0, 0.05) is 36.4 Å². The number of amides is 1. The van der Waals surface area contributed by atoms with Crippen molar-refractivity contribution in [2.45, 2.75) is 24.7 Å². The fraction of sp³-hybridized carbons (Fsp3) is 0.273. The van der Waals surface area contributed by atoms with E-state index in [2.05, 4.69) is 41.4 Å². The van der Waals surface area contributed by atoms with Gasteiger partial charge in [-0.3, -0.25) is 4.79 Å². The second kappa shape index (κ2) is 10.9. The third kappa shape index (κ3) is 5.93. The molecule has 3 N–H and O–H groups in total. The summed E-state index contributed by atoms with van der Waals surface area (Å²) >= 11 is 1.14. The Labute approximate surface area is 180 Å². The van der Waals surface area contributed by atoms with Crippen molar-refractivity contribution in [2.75, 3.05) is 20.2 Å². The largest absolute Gasteiger partial charge is 0.355 e. The highest BCUT2D eigenvalue weighted by Crippen LogP contribution is 2.27. The van der Waals surface area contributed by atoms with Crippen LogP contribution in [0.25, 0.3) is 16.9 Å². The SMILES string of the molecule is COOSc1ccc(-n2nc(CCC(=O)NCCN)cc2-c2ccc(C)cc2)cc1. The van der Waals surface area contributed by atoms with E-state index in [-0.39, 0.29) is 5.91 Å². The number of aryl methyl sites for hydroxylation is 2. The molecule has 30 heavy (non-hydrogen) atoms. The first kappa shape index (κ1) is 22.0. The lowest BCUT2D eigenvalue weighted by Crippen LogP contribution is -2.29. The fourth-order valence-electron chi connectivity index (χ4n) is 2.94.